The lowest BCUT2D eigenvalue weighted by Crippen LogP contribution is -2.29. The number of sulfonamides is 1. The molecular formula is C7H8N2O4S. The van der Waals surface area contributed by atoms with E-state index in [9.17, 15) is 13.2 Å². The highest BCUT2D eigenvalue weighted by atomic mass is 32.2. The Labute approximate surface area is 80.6 Å². The van der Waals surface area contributed by atoms with E-state index in [0.29, 0.717) is 0 Å². The van der Waals surface area contributed by atoms with Crippen molar-refractivity contribution < 1.29 is 18.3 Å². The number of aliphatic carboxylic acids is 1. The Morgan fingerprint density at radius 2 is 2.21 bits per heavy atom. The van der Waals surface area contributed by atoms with Crippen molar-refractivity contribution in [2.75, 3.05) is 6.54 Å². The number of hydrogen-bond acceptors (Lipinski definition) is 4. The largest absolute Gasteiger partial charge is 0.480 e. The highest BCUT2D eigenvalue weighted by Crippen LogP contribution is 2.01. The van der Waals surface area contributed by atoms with Crippen molar-refractivity contribution in [1.29, 1.82) is 0 Å². The first kappa shape index (κ1) is 10.6. The molecule has 0 amide bonds. The van der Waals surface area contributed by atoms with E-state index in [1.54, 1.807) is 6.07 Å². The van der Waals surface area contributed by atoms with Gasteiger partial charge in [0.1, 0.15) is 6.54 Å². The summed E-state index contributed by atoms with van der Waals surface area (Å²) in [5.41, 5.74) is 0. The lowest BCUT2D eigenvalue weighted by atomic mass is 10.5. The minimum absolute atomic E-state index is 0.193. The zero-order valence-electron chi connectivity index (χ0n) is 7.04. The second-order valence-corrected chi connectivity index (χ2v) is 4.10. The molecule has 1 aromatic rings. The fourth-order valence-corrected chi connectivity index (χ4v) is 1.66. The molecule has 0 spiro atoms. The number of carbonyl (C=O) groups is 1. The Morgan fingerprint density at radius 3 is 2.71 bits per heavy atom. The minimum Gasteiger partial charge on any atom is -0.480 e. The lowest BCUT2D eigenvalue weighted by molar-refractivity contribution is -0.135. The molecule has 1 heterocycles. The van der Waals surface area contributed by atoms with Gasteiger partial charge >= 0.3 is 5.97 Å². The SMILES string of the molecule is O=C(O)CNS(=O)(=O)c1ccccn1. The van der Waals surface area contributed by atoms with Gasteiger partial charge in [-0.3, -0.25) is 4.79 Å². The topological polar surface area (TPSA) is 96.4 Å². The van der Waals surface area contributed by atoms with E-state index < -0.39 is 22.5 Å². The van der Waals surface area contributed by atoms with Gasteiger partial charge in [-0.15, -0.1) is 0 Å². The van der Waals surface area contributed by atoms with E-state index in [4.69, 9.17) is 5.11 Å². The van der Waals surface area contributed by atoms with E-state index in [-0.39, 0.29) is 5.03 Å². The van der Waals surface area contributed by atoms with Crippen molar-refractivity contribution in [2.24, 2.45) is 0 Å². The average Bonchev–Trinajstić information content (AvgIpc) is 2.16. The van der Waals surface area contributed by atoms with Crippen molar-refractivity contribution in [3.8, 4) is 0 Å². The summed E-state index contributed by atoms with van der Waals surface area (Å²) >= 11 is 0. The molecule has 2 N–H and O–H groups in total. The molecule has 0 aliphatic carbocycles. The summed E-state index contributed by atoms with van der Waals surface area (Å²) in [5, 5.41) is 8.08. The maximum atomic E-state index is 11.3. The van der Waals surface area contributed by atoms with Gasteiger partial charge in [0.05, 0.1) is 0 Å². The number of carboxylic acids is 1. The lowest BCUT2D eigenvalue weighted by Gasteiger charge is -2.02. The molecule has 0 fully saturated rings. The second kappa shape index (κ2) is 4.16. The predicted octanol–water partition coefficient (Wildman–Crippen LogP) is -0.556. The number of pyridine rings is 1. The number of aromatic nitrogens is 1. The molecule has 0 radical (unpaired) electrons. The Hall–Kier alpha value is -1.47. The van der Waals surface area contributed by atoms with Gasteiger partial charge in [0.2, 0.25) is 0 Å². The Balaban J connectivity index is 2.82. The first-order chi connectivity index (χ1) is 6.52. The molecule has 0 unspecified atom stereocenters. The van der Waals surface area contributed by atoms with Crippen molar-refractivity contribution >= 4 is 16.0 Å². The molecule has 0 aliphatic rings. The minimum atomic E-state index is -3.80. The molecule has 0 aromatic carbocycles. The van der Waals surface area contributed by atoms with Crippen LogP contribution in [0.2, 0.25) is 0 Å². The van der Waals surface area contributed by atoms with Crippen LogP contribution in [-0.4, -0.2) is 31.0 Å². The second-order valence-electron chi connectivity index (χ2n) is 2.39. The van der Waals surface area contributed by atoms with Crippen LogP contribution in [0.15, 0.2) is 29.4 Å². The van der Waals surface area contributed by atoms with Gasteiger partial charge in [0, 0.05) is 6.20 Å². The maximum Gasteiger partial charge on any atom is 0.318 e. The molecule has 0 aliphatic heterocycles. The third kappa shape index (κ3) is 2.79. The predicted molar refractivity (Wildman–Crippen MR) is 47.1 cm³/mol. The van der Waals surface area contributed by atoms with Gasteiger partial charge in [0.25, 0.3) is 10.0 Å². The fraction of sp³-hybridized carbons (Fsp3) is 0.143. The standard InChI is InChI=1S/C7H8N2O4S/c10-7(11)5-9-14(12,13)6-3-1-2-4-8-6/h1-4,9H,5H2,(H,10,11). The van der Waals surface area contributed by atoms with E-state index in [1.165, 1.54) is 18.3 Å². The van der Waals surface area contributed by atoms with Crippen molar-refractivity contribution in [3.05, 3.63) is 24.4 Å². The number of nitrogens with zero attached hydrogens (tertiary/aromatic N) is 1. The number of rotatable bonds is 4. The van der Waals surface area contributed by atoms with Gasteiger partial charge in [0.15, 0.2) is 5.03 Å². The van der Waals surface area contributed by atoms with E-state index in [1.807, 2.05) is 4.72 Å². The molecule has 1 rings (SSSR count). The molecule has 0 bridgehead atoms. The van der Waals surface area contributed by atoms with Crippen LogP contribution in [0, 0.1) is 0 Å². The molecule has 76 valence electrons. The van der Waals surface area contributed by atoms with Gasteiger partial charge in [-0.05, 0) is 12.1 Å². The fourth-order valence-electron chi connectivity index (χ4n) is 0.737. The highest BCUT2D eigenvalue weighted by molar-refractivity contribution is 7.89. The van der Waals surface area contributed by atoms with Crippen LogP contribution in [0.4, 0.5) is 0 Å². The Morgan fingerprint density at radius 1 is 1.50 bits per heavy atom. The third-order valence-electron chi connectivity index (χ3n) is 1.33. The summed E-state index contributed by atoms with van der Waals surface area (Å²) in [6.45, 7) is -0.654. The zero-order chi connectivity index (χ0) is 10.6. The molecule has 0 saturated heterocycles. The average molecular weight is 216 g/mol. The van der Waals surface area contributed by atoms with Crippen LogP contribution in [0.25, 0.3) is 0 Å². The third-order valence-corrected chi connectivity index (χ3v) is 2.64. The van der Waals surface area contributed by atoms with Crippen LogP contribution >= 0.6 is 0 Å². The van der Waals surface area contributed by atoms with Crippen molar-refractivity contribution in [1.82, 2.24) is 9.71 Å². The van der Waals surface area contributed by atoms with Gasteiger partial charge in [-0.25, -0.2) is 13.4 Å². The Kier molecular flexibility index (Phi) is 3.15. The molecule has 1 aromatic heterocycles. The number of nitrogens with one attached hydrogen (secondary N) is 1. The summed E-state index contributed by atoms with van der Waals surface area (Å²) in [6, 6.07) is 4.35. The van der Waals surface area contributed by atoms with Gasteiger partial charge in [-0.1, -0.05) is 6.07 Å². The summed E-state index contributed by atoms with van der Waals surface area (Å²) < 4.78 is 24.5. The number of hydrogen-bond donors (Lipinski definition) is 2. The van der Waals surface area contributed by atoms with Crippen molar-refractivity contribution in [3.63, 3.8) is 0 Å². The van der Waals surface area contributed by atoms with Crippen LogP contribution in [0.1, 0.15) is 0 Å². The molecular weight excluding hydrogens is 208 g/mol. The summed E-state index contributed by atoms with van der Waals surface area (Å²) in [7, 11) is -3.80. The quantitative estimate of drug-likeness (QED) is 0.703. The van der Waals surface area contributed by atoms with E-state index in [0.717, 1.165) is 0 Å². The van der Waals surface area contributed by atoms with Crippen molar-refractivity contribution in [2.45, 2.75) is 5.03 Å². The van der Waals surface area contributed by atoms with Crippen LogP contribution in [0.3, 0.4) is 0 Å². The van der Waals surface area contributed by atoms with Crippen LogP contribution in [0.5, 0.6) is 0 Å². The summed E-state index contributed by atoms with van der Waals surface area (Å²) in [4.78, 5) is 13.7. The molecule has 0 saturated carbocycles. The zero-order valence-corrected chi connectivity index (χ0v) is 7.86. The summed E-state index contributed by atoms with van der Waals surface area (Å²) in [6.07, 6.45) is 1.31. The summed E-state index contributed by atoms with van der Waals surface area (Å²) in [5.74, 6) is -1.25. The Bertz CT molecular complexity index is 415. The smallest absolute Gasteiger partial charge is 0.318 e. The van der Waals surface area contributed by atoms with Gasteiger partial charge in [-0.2, -0.15) is 4.72 Å². The molecule has 6 nitrogen and oxygen atoms in total. The van der Waals surface area contributed by atoms with E-state index >= 15 is 0 Å². The molecule has 7 heteroatoms. The first-order valence-corrected chi connectivity index (χ1v) is 5.13. The first-order valence-electron chi connectivity index (χ1n) is 3.65. The normalized spacial score (nSPS) is 11.1. The highest BCUT2D eigenvalue weighted by Gasteiger charge is 2.15. The monoisotopic (exact) mass is 216 g/mol. The van der Waals surface area contributed by atoms with Gasteiger partial charge < -0.3 is 5.11 Å². The van der Waals surface area contributed by atoms with E-state index in [2.05, 4.69) is 4.98 Å². The molecule has 14 heavy (non-hydrogen) atoms. The maximum absolute atomic E-state index is 11.3. The molecule has 0 atom stereocenters. The number of carboxylic acid groups (broad SMARTS) is 1. The van der Waals surface area contributed by atoms with Crippen LogP contribution < -0.4 is 4.72 Å². The van der Waals surface area contributed by atoms with Crippen LogP contribution in [-0.2, 0) is 14.8 Å².